The Hall–Kier alpha value is -0.310. The molecule has 0 aliphatic rings. The first-order chi connectivity index (χ1) is 4.75. The second kappa shape index (κ2) is 2.97. The van der Waals surface area contributed by atoms with Gasteiger partial charge in [-0.1, -0.05) is 6.08 Å². The van der Waals surface area contributed by atoms with E-state index in [0.29, 0.717) is 0 Å². The summed E-state index contributed by atoms with van der Waals surface area (Å²) < 4.78 is 22.2. The first-order valence-corrected chi connectivity index (χ1v) is 5.17. The van der Waals surface area contributed by atoms with Gasteiger partial charge in [-0.05, 0) is 27.7 Å². The van der Waals surface area contributed by atoms with Crippen molar-refractivity contribution in [3.63, 3.8) is 0 Å². The van der Waals surface area contributed by atoms with Gasteiger partial charge in [-0.3, -0.25) is 0 Å². The Balaban J connectivity index is 5.01. The minimum atomic E-state index is -3.04. The molecule has 0 rings (SSSR count). The predicted molar refractivity (Wildman–Crippen MR) is 48.3 cm³/mol. The summed E-state index contributed by atoms with van der Waals surface area (Å²) in [7, 11) is -3.04. The monoisotopic (exact) mass is 176 g/mol. The van der Waals surface area contributed by atoms with Crippen LogP contribution in [0.2, 0.25) is 0 Å². The topological polar surface area (TPSA) is 34.1 Å². The second-order valence-corrected chi connectivity index (χ2v) is 6.49. The van der Waals surface area contributed by atoms with Crippen LogP contribution in [0.25, 0.3) is 0 Å². The third-order valence-corrected chi connectivity index (χ3v) is 4.72. The van der Waals surface area contributed by atoms with Crippen LogP contribution in [0.5, 0.6) is 0 Å². The normalized spacial score (nSPS) is 13.5. The molecule has 0 radical (unpaired) electrons. The summed E-state index contributed by atoms with van der Waals surface area (Å²) in [5.41, 5.74) is 0. The summed E-state index contributed by atoms with van der Waals surface area (Å²) >= 11 is 0. The minimum Gasteiger partial charge on any atom is -0.228 e. The van der Waals surface area contributed by atoms with Gasteiger partial charge in [-0.25, -0.2) is 8.42 Å². The van der Waals surface area contributed by atoms with Crippen molar-refractivity contribution < 1.29 is 8.42 Å². The van der Waals surface area contributed by atoms with Gasteiger partial charge in [-0.15, -0.1) is 6.58 Å². The molecular weight excluding hydrogens is 160 g/mol. The van der Waals surface area contributed by atoms with Crippen LogP contribution >= 0.6 is 0 Å². The van der Waals surface area contributed by atoms with E-state index in [9.17, 15) is 8.42 Å². The highest BCUT2D eigenvalue weighted by molar-refractivity contribution is 7.93. The van der Waals surface area contributed by atoms with E-state index in [1.54, 1.807) is 27.7 Å². The van der Waals surface area contributed by atoms with Crippen LogP contribution in [-0.2, 0) is 9.84 Å². The lowest BCUT2D eigenvalue weighted by molar-refractivity contribution is 0.563. The highest BCUT2D eigenvalue weighted by Crippen LogP contribution is 2.21. The summed E-state index contributed by atoms with van der Waals surface area (Å²) in [4.78, 5) is 0. The lowest BCUT2D eigenvalue weighted by atomic mass is 10.2. The van der Waals surface area contributed by atoms with Crippen LogP contribution in [0, 0.1) is 0 Å². The molecule has 0 spiro atoms. The van der Waals surface area contributed by atoms with Crippen LogP contribution in [0.4, 0.5) is 0 Å². The van der Waals surface area contributed by atoms with Gasteiger partial charge in [-0.2, -0.15) is 0 Å². The number of hydrogen-bond acceptors (Lipinski definition) is 2. The van der Waals surface area contributed by atoms with Crippen LogP contribution in [-0.4, -0.2) is 18.4 Å². The highest BCUT2D eigenvalue weighted by atomic mass is 32.2. The van der Waals surface area contributed by atoms with E-state index in [2.05, 4.69) is 6.58 Å². The summed E-state index contributed by atoms with van der Waals surface area (Å²) in [6, 6.07) is 0. The summed E-state index contributed by atoms with van der Waals surface area (Å²) in [5.74, 6) is 0. The molecule has 0 aromatic rings. The molecule has 0 heterocycles. The molecule has 0 aromatic carbocycles. The SMILES string of the molecule is C=CC(C)(C)S(=O)(=O)C(C)C. The fourth-order valence-electron chi connectivity index (χ4n) is 0.724. The Labute approximate surface area is 69.2 Å². The van der Waals surface area contributed by atoms with Crippen LogP contribution < -0.4 is 0 Å². The van der Waals surface area contributed by atoms with Gasteiger partial charge >= 0.3 is 0 Å². The standard InChI is InChI=1S/C8H16O2S/c1-6-8(4,5)11(9,10)7(2)3/h6-7H,1H2,2-5H3. The molecule has 0 unspecified atom stereocenters. The molecule has 0 aromatic heterocycles. The van der Waals surface area contributed by atoms with Crippen LogP contribution in [0.1, 0.15) is 27.7 Å². The van der Waals surface area contributed by atoms with E-state index in [4.69, 9.17) is 0 Å². The zero-order valence-electron chi connectivity index (χ0n) is 7.59. The Morgan fingerprint density at radius 3 is 1.82 bits per heavy atom. The molecule has 0 saturated carbocycles. The molecule has 0 aliphatic heterocycles. The third-order valence-electron chi connectivity index (χ3n) is 1.85. The maximum absolute atomic E-state index is 11.5. The van der Waals surface area contributed by atoms with Gasteiger partial charge in [0.25, 0.3) is 0 Å². The van der Waals surface area contributed by atoms with E-state index in [1.165, 1.54) is 6.08 Å². The lowest BCUT2D eigenvalue weighted by Gasteiger charge is -2.22. The fourth-order valence-corrected chi connectivity index (χ4v) is 2.17. The van der Waals surface area contributed by atoms with Gasteiger partial charge in [0, 0.05) is 0 Å². The molecule has 11 heavy (non-hydrogen) atoms. The largest absolute Gasteiger partial charge is 0.228 e. The molecular formula is C8H16O2S. The molecule has 2 nitrogen and oxygen atoms in total. The van der Waals surface area contributed by atoms with Crippen molar-refractivity contribution in [3.8, 4) is 0 Å². The molecule has 0 aliphatic carbocycles. The van der Waals surface area contributed by atoms with Gasteiger partial charge in [0.15, 0.2) is 9.84 Å². The molecule has 0 fully saturated rings. The predicted octanol–water partition coefficient (Wildman–Crippen LogP) is 1.77. The molecule has 0 bridgehead atoms. The van der Waals surface area contributed by atoms with Crippen molar-refractivity contribution in [2.45, 2.75) is 37.7 Å². The van der Waals surface area contributed by atoms with E-state index in [-0.39, 0.29) is 5.25 Å². The second-order valence-electron chi connectivity index (χ2n) is 3.40. The smallest absolute Gasteiger partial charge is 0.161 e. The highest BCUT2D eigenvalue weighted by Gasteiger charge is 2.33. The first-order valence-electron chi connectivity index (χ1n) is 3.62. The quantitative estimate of drug-likeness (QED) is 0.614. The van der Waals surface area contributed by atoms with Gasteiger partial charge in [0.2, 0.25) is 0 Å². The number of sulfone groups is 1. The van der Waals surface area contributed by atoms with E-state index in [1.807, 2.05) is 0 Å². The van der Waals surface area contributed by atoms with Crippen LogP contribution in [0.3, 0.4) is 0 Å². The average molecular weight is 176 g/mol. The summed E-state index contributed by atoms with van der Waals surface area (Å²) in [6.07, 6.45) is 1.47. The lowest BCUT2D eigenvalue weighted by Crippen LogP contribution is -2.35. The maximum Gasteiger partial charge on any atom is 0.161 e. The van der Waals surface area contributed by atoms with Gasteiger partial charge in [0.05, 0.1) is 10.00 Å². The Morgan fingerprint density at radius 2 is 1.73 bits per heavy atom. The summed E-state index contributed by atoms with van der Waals surface area (Å²) in [6.45, 7) is 10.2. The van der Waals surface area contributed by atoms with Gasteiger partial charge in [0.1, 0.15) is 0 Å². The Bertz CT molecular complexity index is 235. The molecule has 66 valence electrons. The molecule has 0 N–H and O–H groups in total. The number of hydrogen-bond donors (Lipinski definition) is 0. The molecule has 0 amide bonds. The van der Waals surface area contributed by atoms with E-state index in [0.717, 1.165) is 0 Å². The average Bonchev–Trinajstić information content (AvgIpc) is 1.87. The van der Waals surface area contributed by atoms with Crippen molar-refractivity contribution in [3.05, 3.63) is 12.7 Å². The van der Waals surface area contributed by atoms with Crippen LogP contribution in [0.15, 0.2) is 12.7 Å². The van der Waals surface area contributed by atoms with E-state index >= 15 is 0 Å². The van der Waals surface area contributed by atoms with Crippen molar-refractivity contribution in [1.29, 1.82) is 0 Å². The molecule has 0 saturated heterocycles. The van der Waals surface area contributed by atoms with E-state index < -0.39 is 14.6 Å². The zero-order chi connectivity index (χ0) is 9.28. The molecule has 3 heteroatoms. The minimum absolute atomic E-state index is 0.338. The third kappa shape index (κ3) is 1.83. The van der Waals surface area contributed by atoms with Crippen molar-refractivity contribution in [2.75, 3.05) is 0 Å². The number of rotatable bonds is 3. The fraction of sp³-hybridized carbons (Fsp3) is 0.750. The Kier molecular flexibility index (Phi) is 2.89. The molecule has 0 atom stereocenters. The van der Waals surface area contributed by atoms with Crippen molar-refractivity contribution in [1.82, 2.24) is 0 Å². The Morgan fingerprint density at radius 1 is 1.36 bits per heavy atom. The first kappa shape index (κ1) is 10.7. The summed E-state index contributed by atoms with van der Waals surface area (Å²) in [5, 5.41) is -0.338. The van der Waals surface area contributed by atoms with Crippen molar-refractivity contribution >= 4 is 9.84 Å². The van der Waals surface area contributed by atoms with Crippen molar-refractivity contribution in [2.24, 2.45) is 0 Å². The van der Waals surface area contributed by atoms with Gasteiger partial charge < -0.3 is 0 Å². The zero-order valence-corrected chi connectivity index (χ0v) is 8.40. The maximum atomic E-state index is 11.5.